The van der Waals surface area contributed by atoms with Gasteiger partial charge in [0.2, 0.25) is 0 Å². The van der Waals surface area contributed by atoms with Gasteiger partial charge in [0.15, 0.2) is 0 Å². The van der Waals surface area contributed by atoms with Crippen LogP contribution < -0.4 is 4.74 Å². The van der Waals surface area contributed by atoms with E-state index in [2.05, 4.69) is 26.8 Å². The van der Waals surface area contributed by atoms with Crippen molar-refractivity contribution < 1.29 is 9.47 Å². The lowest BCUT2D eigenvalue weighted by atomic mass is 10.0. The number of methoxy groups -OCH3 is 1. The average molecular weight is 360 g/mol. The summed E-state index contributed by atoms with van der Waals surface area (Å²) < 4.78 is 11.1. The van der Waals surface area contributed by atoms with Gasteiger partial charge in [-0.3, -0.25) is 14.7 Å². The molecular weight excluding hydrogens is 326 g/mol. The van der Waals surface area contributed by atoms with Crippen molar-refractivity contribution in [3.63, 3.8) is 0 Å². The SMILES string of the molecule is COc1cc2c(cc1CN1CCN(CCN3CCOCC3)CC1)CCC2. The number of hydrogen-bond acceptors (Lipinski definition) is 5. The number of ether oxygens (including phenoxy) is 2. The van der Waals surface area contributed by atoms with Gasteiger partial charge in [-0.25, -0.2) is 0 Å². The normalized spacial score (nSPS) is 22.5. The van der Waals surface area contributed by atoms with Gasteiger partial charge in [0.1, 0.15) is 5.75 Å². The fraction of sp³-hybridized carbons (Fsp3) is 0.714. The van der Waals surface area contributed by atoms with E-state index in [0.29, 0.717) is 0 Å². The molecule has 2 heterocycles. The van der Waals surface area contributed by atoms with E-state index in [-0.39, 0.29) is 0 Å². The van der Waals surface area contributed by atoms with Gasteiger partial charge in [0.25, 0.3) is 0 Å². The monoisotopic (exact) mass is 359 g/mol. The maximum absolute atomic E-state index is 5.69. The molecule has 5 heteroatoms. The highest BCUT2D eigenvalue weighted by atomic mass is 16.5. The fourth-order valence-electron chi connectivity index (χ4n) is 4.49. The third kappa shape index (κ3) is 4.39. The number of rotatable bonds is 6. The van der Waals surface area contributed by atoms with Crippen molar-refractivity contribution in [2.75, 3.05) is 72.7 Å². The number of nitrogens with zero attached hydrogens (tertiary/aromatic N) is 3. The maximum Gasteiger partial charge on any atom is 0.123 e. The molecular formula is C21H33N3O2. The van der Waals surface area contributed by atoms with Crippen LogP contribution in [0.4, 0.5) is 0 Å². The molecule has 4 rings (SSSR count). The number of hydrogen-bond donors (Lipinski definition) is 0. The van der Waals surface area contributed by atoms with E-state index in [1.54, 1.807) is 5.56 Å². The molecule has 0 aromatic heterocycles. The number of aryl methyl sites for hydroxylation is 2. The van der Waals surface area contributed by atoms with Crippen LogP contribution in [0, 0.1) is 0 Å². The van der Waals surface area contributed by atoms with Crippen molar-refractivity contribution >= 4 is 0 Å². The number of benzene rings is 1. The molecule has 0 saturated carbocycles. The Bertz CT molecular complexity index is 593. The molecule has 1 aliphatic carbocycles. The summed E-state index contributed by atoms with van der Waals surface area (Å²) >= 11 is 0. The lowest BCUT2D eigenvalue weighted by Crippen LogP contribution is -2.49. The summed E-state index contributed by atoms with van der Waals surface area (Å²) in [6, 6.07) is 4.70. The van der Waals surface area contributed by atoms with Crippen LogP contribution in [0.1, 0.15) is 23.1 Å². The molecule has 0 radical (unpaired) electrons. The van der Waals surface area contributed by atoms with Crippen LogP contribution in [0.15, 0.2) is 12.1 Å². The molecule has 1 aromatic rings. The van der Waals surface area contributed by atoms with Gasteiger partial charge in [0.05, 0.1) is 20.3 Å². The highest BCUT2D eigenvalue weighted by molar-refractivity contribution is 5.44. The van der Waals surface area contributed by atoms with Gasteiger partial charge in [-0.1, -0.05) is 6.07 Å². The van der Waals surface area contributed by atoms with Crippen molar-refractivity contribution in [3.05, 3.63) is 28.8 Å². The van der Waals surface area contributed by atoms with E-state index in [1.165, 1.54) is 56.6 Å². The minimum Gasteiger partial charge on any atom is -0.496 e. The topological polar surface area (TPSA) is 28.2 Å². The Morgan fingerprint density at radius 1 is 0.846 bits per heavy atom. The molecule has 5 nitrogen and oxygen atoms in total. The van der Waals surface area contributed by atoms with E-state index in [4.69, 9.17) is 9.47 Å². The summed E-state index contributed by atoms with van der Waals surface area (Å²) in [5, 5.41) is 0. The second-order valence-electron chi connectivity index (χ2n) is 7.86. The molecule has 2 fully saturated rings. The molecule has 0 unspecified atom stereocenters. The Kier molecular flexibility index (Phi) is 6.10. The third-order valence-electron chi connectivity index (χ3n) is 6.19. The molecule has 144 valence electrons. The summed E-state index contributed by atoms with van der Waals surface area (Å²) in [4.78, 5) is 7.74. The van der Waals surface area contributed by atoms with Crippen LogP contribution >= 0.6 is 0 Å². The smallest absolute Gasteiger partial charge is 0.123 e. The van der Waals surface area contributed by atoms with Crippen LogP contribution in [-0.2, 0) is 24.1 Å². The lowest BCUT2D eigenvalue weighted by Gasteiger charge is -2.36. The predicted octanol–water partition coefficient (Wildman–Crippen LogP) is 1.63. The van der Waals surface area contributed by atoms with Gasteiger partial charge in [-0.2, -0.15) is 0 Å². The first-order chi connectivity index (χ1) is 12.8. The van der Waals surface area contributed by atoms with Crippen molar-refractivity contribution in [3.8, 4) is 5.75 Å². The zero-order chi connectivity index (χ0) is 17.8. The van der Waals surface area contributed by atoms with Crippen LogP contribution in [0.2, 0.25) is 0 Å². The van der Waals surface area contributed by atoms with Gasteiger partial charge in [-0.15, -0.1) is 0 Å². The molecule has 0 bridgehead atoms. The highest BCUT2D eigenvalue weighted by Crippen LogP contribution is 2.30. The van der Waals surface area contributed by atoms with Crippen LogP contribution in [0.3, 0.4) is 0 Å². The number of piperazine rings is 1. The molecule has 0 atom stereocenters. The maximum atomic E-state index is 5.69. The Morgan fingerprint density at radius 3 is 2.15 bits per heavy atom. The van der Waals surface area contributed by atoms with E-state index < -0.39 is 0 Å². The quantitative estimate of drug-likeness (QED) is 0.770. The third-order valence-corrected chi connectivity index (χ3v) is 6.19. The van der Waals surface area contributed by atoms with Crippen molar-refractivity contribution in [1.29, 1.82) is 0 Å². The molecule has 26 heavy (non-hydrogen) atoms. The van der Waals surface area contributed by atoms with Gasteiger partial charge < -0.3 is 9.47 Å². The summed E-state index contributed by atoms with van der Waals surface area (Å²) in [5.74, 6) is 1.08. The second kappa shape index (κ2) is 8.70. The van der Waals surface area contributed by atoms with Crippen molar-refractivity contribution in [2.24, 2.45) is 0 Å². The van der Waals surface area contributed by atoms with Gasteiger partial charge >= 0.3 is 0 Å². The summed E-state index contributed by atoms with van der Waals surface area (Å²) in [7, 11) is 1.81. The summed E-state index contributed by atoms with van der Waals surface area (Å²) in [5.41, 5.74) is 4.42. The van der Waals surface area contributed by atoms with E-state index in [9.17, 15) is 0 Å². The molecule has 2 saturated heterocycles. The Labute approximate surface area is 157 Å². The number of morpholine rings is 1. The number of fused-ring (bicyclic) bond motifs is 1. The first kappa shape index (κ1) is 18.2. The van der Waals surface area contributed by atoms with Crippen LogP contribution in [-0.4, -0.2) is 87.4 Å². The zero-order valence-electron chi connectivity index (χ0n) is 16.2. The van der Waals surface area contributed by atoms with Gasteiger partial charge in [0, 0.05) is 64.5 Å². The zero-order valence-corrected chi connectivity index (χ0v) is 16.2. The fourth-order valence-corrected chi connectivity index (χ4v) is 4.49. The largest absolute Gasteiger partial charge is 0.496 e. The van der Waals surface area contributed by atoms with E-state index >= 15 is 0 Å². The summed E-state index contributed by atoms with van der Waals surface area (Å²) in [6.45, 7) is 12.1. The van der Waals surface area contributed by atoms with E-state index in [0.717, 1.165) is 51.7 Å². The van der Waals surface area contributed by atoms with Crippen LogP contribution in [0.25, 0.3) is 0 Å². The Morgan fingerprint density at radius 2 is 1.46 bits per heavy atom. The molecule has 3 aliphatic rings. The lowest BCUT2D eigenvalue weighted by molar-refractivity contribution is 0.0296. The molecule has 0 amide bonds. The molecule has 1 aromatic carbocycles. The Balaban J connectivity index is 1.26. The molecule has 2 aliphatic heterocycles. The highest BCUT2D eigenvalue weighted by Gasteiger charge is 2.21. The first-order valence-electron chi connectivity index (χ1n) is 10.3. The van der Waals surface area contributed by atoms with E-state index in [1.807, 2.05) is 7.11 Å². The van der Waals surface area contributed by atoms with Crippen molar-refractivity contribution in [1.82, 2.24) is 14.7 Å². The Hall–Kier alpha value is -1.14. The van der Waals surface area contributed by atoms with Crippen LogP contribution in [0.5, 0.6) is 5.75 Å². The minimum absolute atomic E-state index is 0.899. The first-order valence-corrected chi connectivity index (χ1v) is 10.3. The average Bonchev–Trinajstić information content (AvgIpc) is 3.15. The molecule has 0 N–H and O–H groups in total. The standard InChI is InChI=1S/C21H33N3O2/c1-25-21-16-19-4-2-3-18(19)15-20(21)17-24-9-7-22(8-10-24)5-6-23-11-13-26-14-12-23/h15-16H,2-14,17H2,1H3. The molecule has 0 spiro atoms. The van der Waals surface area contributed by atoms with Gasteiger partial charge in [-0.05, 0) is 36.5 Å². The second-order valence-corrected chi connectivity index (χ2v) is 7.86. The van der Waals surface area contributed by atoms with Crippen molar-refractivity contribution in [2.45, 2.75) is 25.8 Å². The predicted molar refractivity (Wildman–Crippen MR) is 104 cm³/mol. The minimum atomic E-state index is 0.899. The summed E-state index contributed by atoms with van der Waals surface area (Å²) in [6.07, 6.45) is 3.75.